The van der Waals surface area contributed by atoms with Gasteiger partial charge in [0.1, 0.15) is 5.82 Å². The van der Waals surface area contributed by atoms with Gasteiger partial charge in [0.05, 0.1) is 29.7 Å². The van der Waals surface area contributed by atoms with Crippen molar-refractivity contribution < 1.29 is 19.4 Å². The number of imidazole rings is 1. The summed E-state index contributed by atoms with van der Waals surface area (Å²) in [5.74, 6) is 0.00125. The average molecular weight is 501 g/mol. The molecule has 8 nitrogen and oxygen atoms in total. The standard InChI is InChI=1S/C29H32N4O4/c1-17-7-12-22-24(32(17)29(36)37-2)13-14-25-27(22)31-26(16-20-15-19-5-3-4-6-23(19)30-20)33(25)21-10-8-18(9-11-21)28(34)35/h3-6,13-15,17-18,21,30H,7-12,16H2,1-2H3,(H,34,35)/t17-,18?,21?/m0/s1. The van der Waals surface area contributed by atoms with Crippen molar-refractivity contribution in [3.8, 4) is 0 Å². The minimum Gasteiger partial charge on any atom is -0.481 e. The van der Waals surface area contributed by atoms with Crippen molar-refractivity contribution in [3.63, 3.8) is 0 Å². The Morgan fingerprint density at radius 3 is 2.62 bits per heavy atom. The van der Waals surface area contributed by atoms with Gasteiger partial charge in [-0.1, -0.05) is 18.2 Å². The molecule has 0 radical (unpaired) electrons. The monoisotopic (exact) mass is 500 g/mol. The number of aromatic nitrogens is 3. The number of nitrogens with zero attached hydrogens (tertiary/aromatic N) is 3. The zero-order valence-electron chi connectivity index (χ0n) is 21.2. The maximum absolute atomic E-state index is 12.6. The van der Waals surface area contributed by atoms with Gasteiger partial charge in [-0.15, -0.1) is 0 Å². The van der Waals surface area contributed by atoms with E-state index in [-0.39, 0.29) is 24.1 Å². The molecule has 3 heterocycles. The van der Waals surface area contributed by atoms with Gasteiger partial charge in [0.25, 0.3) is 0 Å². The Kier molecular flexibility index (Phi) is 5.89. The highest BCUT2D eigenvalue weighted by atomic mass is 16.5. The van der Waals surface area contributed by atoms with E-state index in [1.807, 2.05) is 25.1 Å². The van der Waals surface area contributed by atoms with Gasteiger partial charge in [-0.25, -0.2) is 9.78 Å². The fourth-order valence-electron chi connectivity index (χ4n) is 6.34. The summed E-state index contributed by atoms with van der Waals surface area (Å²) in [4.78, 5) is 34.7. The predicted molar refractivity (Wildman–Crippen MR) is 142 cm³/mol. The van der Waals surface area contributed by atoms with Crippen molar-refractivity contribution in [2.45, 2.75) is 64.0 Å². The molecule has 2 aromatic heterocycles. The summed E-state index contributed by atoms with van der Waals surface area (Å²) < 4.78 is 7.45. The molecule has 1 amide bonds. The van der Waals surface area contributed by atoms with Crippen LogP contribution in [0.15, 0.2) is 42.5 Å². The molecule has 8 heteroatoms. The van der Waals surface area contributed by atoms with Crippen LogP contribution in [-0.2, 0) is 22.4 Å². The number of amides is 1. The number of ether oxygens (including phenoxy) is 1. The predicted octanol–water partition coefficient (Wildman–Crippen LogP) is 5.83. The van der Waals surface area contributed by atoms with Crippen LogP contribution < -0.4 is 4.90 Å². The Morgan fingerprint density at radius 2 is 1.89 bits per heavy atom. The number of benzene rings is 2. The van der Waals surface area contributed by atoms with Crippen molar-refractivity contribution in [3.05, 3.63) is 59.5 Å². The quantitative estimate of drug-likeness (QED) is 0.367. The molecule has 0 unspecified atom stereocenters. The summed E-state index contributed by atoms with van der Waals surface area (Å²) in [6.07, 6.45) is 4.94. The summed E-state index contributed by atoms with van der Waals surface area (Å²) in [6.45, 7) is 2.05. The number of carbonyl (C=O) groups is 2. The van der Waals surface area contributed by atoms with Gasteiger partial charge in [-0.2, -0.15) is 0 Å². The molecular formula is C29H32N4O4. The minimum absolute atomic E-state index is 0.0524. The van der Waals surface area contributed by atoms with Crippen molar-refractivity contribution in [2.24, 2.45) is 5.92 Å². The summed E-state index contributed by atoms with van der Waals surface area (Å²) in [7, 11) is 1.42. The number of nitrogens with one attached hydrogen (secondary N) is 1. The van der Waals surface area contributed by atoms with E-state index in [0.29, 0.717) is 19.3 Å². The number of fused-ring (bicyclic) bond motifs is 4. The molecule has 2 N–H and O–H groups in total. The lowest BCUT2D eigenvalue weighted by Crippen LogP contribution is -2.42. The molecule has 0 saturated heterocycles. The first kappa shape index (κ1) is 23.6. The van der Waals surface area contributed by atoms with Gasteiger partial charge in [-0.3, -0.25) is 9.69 Å². The number of anilines is 1. The molecule has 6 rings (SSSR count). The van der Waals surface area contributed by atoms with Crippen LogP contribution in [0.4, 0.5) is 10.5 Å². The Balaban J connectivity index is 1.46. The molecule has 192 valence electrons. The van der Waals surface area contributed by atoms with Gasteiger partial charge in [-0.05, 0) is 75.1 Å². The maximum Gasteiger partial charge on any atom is 0.414 e. The second kappa shape index (κ2) is 9.25. The molecule has 4 aromatic rings. The fraction of sp³-hybridized carbons (Fsp3) is 0.414. The maximum atomic E-state index is 12.6. The van der Waals surface area contributed by atoms with Gasteiger partial charge in [0.2, 0.25) is 0 Å². The van der Waals surface area contributed by atoms with E-state index >= 15 is 0 Å². The number of H-pyrrole nitrogens is 1. The van der Waals surface area contributed by atoms with Crippen molar-refractivity contribution in [2.75, 3.05) is 12.0 Å². The van der Waals surface area contributed by atoms with E-state index in [1.54, 1.807) is 4.90 Å². The third-order valence-corrected chi connectivity index (χ3v) is 8.24. The number of methoxy groups -OCH3 is 1. The number of para-hydroxylation sites is 1. The van der Waals surface area contributed by atoms with Crippen LogP contribution in [0.5, 0.6) is 0 Å². The molecule has 1 saturated carbocycles. The van der Waals surface area contributed by atoms with Crippen molar-refractivity contribution >= 4 is 39.7 Å². The van der Waals surface area contributed by atoms with Crippen LogP contribution in [0.25, 0.3) is 21.9 Å². The first-order chi connectivity index (χ1) is 17.9. The topological polar surface area (TPSA) is 100 Å². The average Bonchev–Trinajstić information content (AvgIpc) is 3.48. The largest absolute Gasteiger partial charge is 0.481 e. The highest BCUT2D eigenvalue weighted by Crippen LogP contribution is 2.40. The zero-order chi connectivity index (χ0) is 25.7. The molecule has 1 aliphatic carbocycles. The molecular weight excluding hydrogens is 468 g/mol. The Morgan fingerprint density at radius 1 is 1.11 bits per heavy atom. The number of hydrogen-bond donors (Lipinski definition) is 2. The van der Waals surface area contributed by atoms with Crippen LogP contribution in [-0.4, -0.2) is 44.9 Å². The highest BCUT2D eigenvalue weighted by Gasteiger charge is 2.33. The molecule has 1 fully saturated rings. The number of carbonyl (C=O) groups excluding carboxylic acids is 1. The SMILES string of the molecule is COC(=O)N1c2ccc3c(nc(Cc4cc5ccccc5[nH]4)n3C3CCC(C(=O)O)CC3)c2CC[C@@H]1C. The van der Waals surface area contributed by atoms with Crippen molar-refractivity contribution in [1.29, 1.82) is 0 Å². The van der Waals surface area contributed by atoms with E-state index in [4.69, 9.17) is 9.72 Å². The van der Waals surface area contributed by atoms with Gasteiger partial charge >= 0.3 is 12.1 Å². The molecule has 2 aliphatic rings. The number of rotatable bonds is 4. The van der Waals surface area contributed by atoms with Crippen LogP contribution in [0.3, 0.4) is 0 Å². The molecule has 0 spiro atoms. The number of aliphatic carboxylic acids is 1. The van der Waals surface area contributed by atoms with Gasteiger partial charge in [0.15, 0.2) is 0 Å². The number of aryl methyl sites for hydroxylation is 1. The van der Waals surface area contributed by atoms with Crippen LogP contribution in [0.1, 0.15) is 62.2 Å². The lowest BCUT2D eigenvalue weighted by molar-refractivity contribution is -0.143. The number of carboxylic acids is 1. The van der Waals surface area contributed by atoms with Crippen LogP contribution >= 0.6 is 0 Å². The Hall–Kier alpha value is -3.81. The number of aromatic amines is 1. The summed E-state index contributed by atoms with van der Waals surface area (Å²) >= 11 is 0. The number of carboxylic acid groups (broad SMARTS) is 1. The van der Waals surface area contributed by atoms with Crippen LogP contribution in [0, 0.1) is 5.92 Å². The first-order valence-corrected chi connectivity index (χ1v) is 13.1. The summed E-state index contributed by atoms with van der Waals surface area (Å²) in [5.41, 5.74) is 6.14. The van der Waals surface area contributed by atoms with E-state index in [2.05, 4.69) is 33.8 Å². The van der Waals surface area contributed by atoms with E-state index in [9.17, 15) is 14.7 Å². The third kappa shape index (κ3) is 4.04. The molecule has 1 atom stereocenters. The minimum atomic E-state index is -0.696. The smallest absolute Gasteiger partial charge is 0.414 e. The lowest BCUT2D eigenvalue weighted by Gasteiger charge is -2.34. The third-order valence-electron chi connectivity index (χ3n) is 8.24. The second-order valence-electron chi connectivity index (χ2n) is 10.5. The van der Waals surface area contributed by atoms with E-state index in [0.717, 1.165) is 65.0 Å². The fourth-order valence-corrected chi connectivity index (χ4v) is 6.34. The zero-order valence-corrected chi connectivity index (χ0v) is 21.2. The van der Waals surface area contributed by atoms with Gasteiger partial charge in [0, 0.05) is 35.3 Å². The molecule has 37 heavy (non-hydrogen) atoms. The summed E-state index contributed by atoms with van der Waals surface area (Å²) in [5, 5.41) is 10.7. The summed E-state index contributed by atoms with van der Waals surface area (Å²) in [6, 6.07) is 14.8. The van der Waals surface area contributed by atoms with E-state index < -0.39 is 5.97 Å². The normalized spacial score (nSPS) is 21.8. The molecule has 1 aliphatic heterocycles. The lowest BCUT2D eigenvalue weighted by atomic mass is 9.85. The Labute approximate surface area is 215 Å². The van der Waals surface area contributed by atoms with Crippen LogP contribution in [0.2, 0.25) is 0 Å². The molecule has 0 bridgehead atoms. The highest BCUT2D eigenvalue weighted by molar-refractivity contribution is 5.95. The van der Waals surface area contributed by atoms with E-state index in [1.165, 1.54) is 12.5 Å². The molecule has 2 aromatic carbocycles. The Bertz CT molecular complexity index is 1460. The van der Waals surface area contributed by atoms with Gasteiger partial charge < -0.3 is 19.4 Å². The number of hydrogen-bond acceptors (Lipinski definition) is 4. The van der Waals surface area contributed by atoms with Crippen molar-refractivity contribution in [1.82, 2.24) is 14.5 Å². The first-order valence-electron chi connectivity index (χ1n) is 13.1. The second-order valence-corrected chi connectivity index (χ2v) is 10.5.